The smallest absolute Gasteiger partial charge is 0.310 e. The van der Waals surface area contributed by atoms with Gasteiger partial charge < -0.3 is 9.47 Å². The molecule has 2 amide bonds. The molecule has 8 nitrogen and oxygen atoms in total. The summed E-state index contributed by atoms with van der Waals surface area (Å²) in [6.45, 7) is -0.555. The third-order valence-electron chi connectivity index (χ3n) is 5.53. The van der Waals surface area contributed by atoms with Crippen molar-refractivity contribution in [3.63, 3.8) is 0 Å². The van der Waals surface area contributed by atoms with Gasteiger partial charge in [0.05, 0.1) is 22.4 Å². The number of nitrogens with one attached hydrogen (secondary N) is 2. The van der Waals surface area contributed by atoms with Crippen LogP contribution in [0.1, 0.15) is 23.2 Å². The van der Waals surface area contributed by atoms with Crippen molar-refractivity contribution < 1.29 is 28.7 Å². The zero-order valence-electron chi connectivity index (χ0n) is 14.1. The molecule has 0 unspecified atom stereocenters. The van der Waals surface area contributed by atoms with Crippen LogP contribution in [0.4, 0.5) is 0 Å². The van der Waals surface area contributed by atoms with Crippen LogP contribution in [-0.2, 0) is 23.9 Å². The Morgan fingerprint density at radius 1 is 1.19 bits per heavy atom. The van der Waals surface area contributed by atoms with Gasteiger partial charge in [-0.05, 0) is 30.9 Å². The molecular weight excluding hydrogens is 376 g/mol. The number of rotatable bonds is 4. The van der Waals surface area contributed by atoms with Gasteiger partial charge in [-0.2, -0.15) is 0 Å². The molecule has 2 saturated carbocycles. The standard InChI is InChI=1S/C18H17ClN2O6/c19-11-4-2-1-3-9(11)16(23)21-20-13(22)7-26-17(24)14-8-5-10-12(6-8)27-18(25)15(10)14/h1-4,8,10,12,14-15H,5-7H2,(H,20,22)(H,21,23)/t8-,10+,12+,14-,15+/m1/s1. The van der Waals surface area contributed by atoms with Crippen molar-refractivity contribution in [1.82, 2.24) is 10.9 Å². The summed E-state index contributed by atoms with van der Waals surface area (Å²) in [5.41, 5.74) is 4.57. The van der Waals surface area contributed by atoms with E-state index in [-0.39, 0.29) is 34.5 Å². The zero-order valence-corrected chi connectivity index (χ0v) is 14.9. The van der Waals surface area contributed by atoms with E-state index < -0.39 is 36.2 Å². The van der Waals surface area contributed by atoms with Crippen LogP contribution < -0.4 is 10.9 Å². The van der Waals surface area contributed by atoms with E-state index >= 15 is 0 Å². The first-order valence-electron chi connectivity index (χ1n) is 8.66. The number of benzene rings is 1. The van der Waals surface area contributed by atoms with Crippen LogP contribution in [0.2, 0.25) is 5.02 Å². The molecule has 1 aromatic rings. The second-order valence-corrected chi connectivity index (χ2v) is 7.42. The van der Waals surface area contributed by atoms with Gasteiger partial charge in [-0.25, -0.2) is 0 Å². The van der Waals surface area contributed by atoms with Crippen molar-refractivity contribution in [1.29, 1.82) is 0 Å². The Kier molecular flexibility index (Phi) is 4.51. The summed E-state index contributed by atoms with van der Waals surface area (Å²) in [7, 11) is 0. The second-order valence-electron chi connectivity index (χ2n) is 7.01. The van der Waals surface area contributed by atoms with Crippen LogP contribution in [0.25, 0.3) is 0 Å². The summed E-state index contributed by atoms with van der Waals surface area (Å²) in [5, 5.41) is 0.244. The molecule has 1 aromatic carbocycles. The molecule has 1 aliphatic heterocycles. The van der Waals surface area contributed by atoms with Gasteiger partial charge in [0.2, 0.25) is 0 Å². The van der Waals surface area contributed by atoms with Gasteiger partial charge in [0.15, 0.2) is 6.61 Å². The molecule has 0 radical (unpaired) electrons. The van der Waals surface area contributed by atoms with Crippen molar-refractivity contribution in [2.24, 2.45) is 23.7 Å². The van der Waals surface area contributed by atoms with Crippen LogP contribution in [0, 0.1) is 23.7 Å². The average molecular weight is 393 g/mol. The number of ether oxygens (including phenoxy) is 2. The topological polar surface area (TPSA) is 111 Å². The molecule has 2 aliphatic carbocycles. The summed E-state index contributed by atoms with van der Waals surface area (Å²) < 4.78 is 10.3. The molecule has 5 atom stereocenters. The highest BCUT2D eigenvalue weighted by atomic mass is 35.5. The minimum Gasteiger partial charge on any atom is -0.462 e. The number of esters is 2. The predicted octanol–water partition coefficient (Wildman–Crippen LogP) is 0.842. The Hall–Kier alpha value is -2.61. The molecule has 3 aliphatic rings. The van der Waals surface area contributed by atoms with Crippen molar-refractivity contribution >= 4 is 35.4 Å². The summed E-state index contributed by atoms with van der Waals surface area (Å²) in [5.74, 6) is -3.06. The molecule has 4 rings (SSSR count). The number of carbonyl (C=O) groups is 4. The number of fused-ring (bicyclic) bond motifs is 1. The highest BCUT2D eigenvalue weighted by molar-refractivity contribution is 6.33. The van der Waals surface area contributed by atoms with Gasteiger partial charge in [-0.1, -0.05) is 23.7 Å². The molecule has 0 aromatic heterocycles. The van der Waals surface area contributed by atoms with E-state index in [0.717, 1.165) is 6.42 Å². The molecule has 3 fully saturated rings. The predicted molar refractivity (Wildman–Crippen MR) is 91.1 cm³/mol. The highest BCUT2D eigenvalue weighted by Crippen LogP contribution is 2.57. The Balaban J connectivity index is 1.26. The van der Waals surface area contributed by atoms with Crippen LogP contribution in [0.5, 0.6) is 0 Å². The summed E-state index contributed by atoms with van der Waals surface area (Å²) >= 11 is 5.90. The first-order chi connectivity index (χ1) is 13.0. The summed E-state index contributed by atoms with van der Waals surface area (Å²) in [4.78, 5) is 48.1. The second kappa shape index (κ2) is 6.84. The first kappa shape index (κ1) is 17.8. The van der Waals surface area contributed by atoms with E-state index in [9.17, 15) is 19.2 Å². The summed E-state index contributed by atoms with van der Waals surface area (Å²) in [6.07, 6.45) is 1.38. The SMILES string of the molecule is O=C(COC(=O)[C@@H]1[C@@H]2C[C@@H]3[C@@H]1C(=O)O[C@H]3C2)NNC(=O)c1ccccc1Cl. The maximum absolute atomic E-state index is 12.4. The van der Waals surface area contributed by atoms with E-state index in [4.69, 9.17) is 21.1 Å². The number of hydrazine groups is 1. The molecule has 1 saturated heterocycles. The Labute approximate surface area is 159 Å². The quantitative estimate of drug-likeness (QED) is 0.580. The first-order valence-corrected chi connectivity index (χ1v) is 9.04. The van der Waals surface area contributed by atoms with E-state index in [2.05, 4.69) is 10.9 Å². The van der Waals surface area contributed by atoms with Crippen LogP contribution in [0.3, 0.4) is 0 Å². The average Bonchev–Trinajstić information content (AvgIpc) is 3.27. The fraction of sp³-hybridized carbons (Fsp3) is 0.444. The maximum Gasteiger partial charge on any atom is 0.310 e. The van der Waals surface area contributed by atoms with E-state index in [1.807, 2.05) is 0 Å². The normalized spacial score (nSPS) is 30.0. The lowest BCUT2D eigenvalue weighted by Gasteiger charge is -2.22. The fourth-order valence-corrected chi connectivity index (χ4v) is 4.65. The molecule has 142 valence electrons. The van der Waals surface area contributed by atoms with Crippen molar-refractivity contribution in [2.75, 3.05) is 6.61 Å². The largest absolute Gasteiger partial charge is 0.462 e. The number of hydrogen-bond donors (Lipinski definition) is 2. The van der Waals surface area contributed by atoms with Gasteiger partial charge in [0.1, 0.15) is 6.10 Å². The van der Waals surface area contributed by atoms with E-state index in [1.54, 1.807) is 18.2 Å². The van der Waals surface area contributed by atoms with Crippen molar-refractivity contribution in [3.05, 3.63) is 34.9 Å². The zero-order chi connectivity index (χ0) is 19.1. The van der Waals surface area contributed by atoms with Crippen LogP contribution in [0.15, 0.2) is 24.3 Å². The number of hydrogen-bond acceptors (Lipinski definition) is 6. The summed E-state index contributed by atoms with van der Waals surface area (Å²) in [6, 6.07) is 6.37. The third kappa shape index (κ3) is 3.14. The van der Waals surface area contributed by atoms with Gasteiger partial charge >= 0.3 is 11.9 Å². The Morgan fingerprint density at radius 3 is 2.74 bits per heavy atom. The minimum atomic E-state index is -0.696. The molecule has 2 bridgehead atoms. The lowest BCUT2D eigenvalue weighted by molar-refractivity contribution is -0.158. The van der Waals surface area contributed by atoms with Crippen molar-refractivity contribution in [2.45, 2.75) is 18.9 Å². The van der Waals surface area contributed by atoms with E-state index in [0.29, 0.717) is 6.42 Å². The van der Waals surface area contributed by atoms with Crippen molar-refractivity contribution in [3.8, 4) is 0 Å². The minimum absolute atomic E-state index is 0.0620. The fourth-order valence-electron chi connectivity index (χ4n) is 4.43. The molecule has 0 spiro atoms. The van der Waals surface area contributed by atoms with Gasteiger partial charge in [0, 0.05) is 5.92 Å². The molecule has 27 heavy (non-hydrogen) atoms. The Bertz CT molecular complexity index is 826. The van der Waals surface area contributed by atoms with Gasteiger partial charge in [-0.3, -0.25) is 30.0 Å². The van der Waals surface area contributed by atoms with E-state index in [1.165, 1.54) is 6.07 Å². The van der Waals surface area contributed by atoms with Crippen LogP contribution in [-0.4, -0.2) is 36.5 Å². The number of halogens is 1. The lowest BCUT2D eigenvalue weighted by Crippen LogP contribution is -2.44. The molecular formula is C18H17ClN2O6. The Morgan fingerprint density at radius 2 is 1.96 bits per heavy atom. The monoisotopic (exact) mass is 392 g/mol. The van der Waals surface area contributed by atoms with Gasteiger partial charge in [-0.15, -0.1) is 0 Å². The number of carbonyl (C=O) groups excluding carboxylic acids is 4. The molecule has 9 heteroatoms. The third-order valence-corrected chi connectivity index (χ3v) is 5.86. The van der Waals surface area contributed by atoms with Gasteiger partial charge in [0.25, 0.3) is 11.8 Å². The van der Waals surface area contributed by atoms with Crippen LogP contribution >= 0.6 is 11.6 Å². The maximum atomic E-state index is 12.4. The highest BCUT2D eigenvalue weighted by Gasteiger charge is 2.64. The lowest BCUT2D eigenvalue weighted by atomic mass is 9.80. The number of amides is 2. The molecule has 2 N–H and O–H groups in total. The molecule has 1 heterocycles.